The van der Waals surface area contributed by atoms with Crippen molar-refractivity contribution in [1.29, 1.82) is 0 Å². The molecular weight excluding hydrogens is 528 g/mol. The summed E-state index contributed by atoms with van der Waals surface area (Å²) in [5, 5.41) is 10.3. The molecule has 0 bridgehead atoms. The molecule has 0 aromatic heterocycles. The largest absolute Gasteiger partial charge is 0.0654 e. The van der Waals surface area contributed by atoms with Crippen LogP contribution in [0.25, 0.3) is 65.3 Å². The molecule has 0 aliphatic heterocycles. The van der Waals surface area contributed by atoms with E-state index >= 15 is 0 Å². The molecule has 8 aromatic carbocycles. The van der Waals surface area contributed by atoms with Crippen LogP contribution in [0.5, 0.6) is 0 Å². The quantitative estimate of drug-likeness (QED) is 0.185. The summed E-state index contributed by atoms with van der Waals surface area (Å²) in [6.45, 7) is 6.73. The molecule has 207 valence electrons. The molecule has 0 amide bonds. The normalized spacial score (nSPS) is 12.8. The van der Waals surface area contributed by atoms with Gasteiger partial charge in [-0.25, -0.2) is 0 Å². The van der Waals surface area contributed by atoms with E-state index in [1.165, 1.54) is 105 Å². The molecule has 0 nitrogen and oxygen atoms in total. The van der Waals surface area contributed by atoms with E-state index in [1.54, 1.807) is 0 Å². The second-order valence-electron chi connectivity index (χ2n) is 12.5. The Morgan fingerprint density at radius 1 is 0.318 bits per heavy atom. The zero-order valence-corrected chi connectivity index (χ0v) is 25.2. The van der Waals surface area contributed by atoms with E-state index in [4.69, 9.17) is 0 Å². The summed E-state index contributed by atoms with van der Waals surface area (Å²) in [6.07, 6.45) is 0. The van der Waals surface area contributed by atoms with Crippen LogP contribution in [0.2, 0.25) is 0 Å². The summed E-state index contributed by atoms with van der Waals surface area (Å²) < 4.78 is 0. The van der Waals surface area contributed by atoms with Crippen LogP contribution in [-0.4, -0.2) is 0 Å². The molecule has 9 rings (SSSR count). The lowest BCUT2D eigenvalue weighted by molar-refractivity contribution is 1.32. The first kappa shape index (κ1) is 25.3. The van der Waals surface area contributed by atoms with Gasteiger partial charge in [0.05, 0.1) is 5.92 Å². The van der Waals surface area contributed by atoms with Crippen molar-refractivity contribution >= 4 is 43.1 Å². The third-order valence-corrected chi connectivity index (χ3v) is 9.71. The minimum absolute atomic E-state index is 1.28. The molecule has 1 aliphatic carbocycles. The van der Waals surface area contributed by atoms with Crippen LogP contribution in [0.3, 0.4) is 0 Å². The summed E-state index contributed by atoms with van der Waals surface area (Å²) in [4.78, 5) is 0. The lowest BCUT2D eigenvalue weighted by atomic mass is 9.78. The van der Waals surface area contributed by atoms with Gasteiger partial charge in [-0.2, -0.15) is 0 Å². The summed E-state index contributed by atoms with van der Waals surface area (Å²) in [5.41, 5.74) is 13.3. The topological polar surface area (TPSA) is 0 Å². The maximum Gasteiger partial charge on any atom is 0.0654 e. The Morgan fingerprint density at radius 3 is 1.07 bits per heavy atom. The number of rotatable bonds is 2. The molecule has 8 aromatic rings. The molecule has 0 heterocycles. The van der Waals surface area contributed by atoms with Crippen molar-refractivity contribution in [3.63, 3.8) is 0 Å². The van der Waals surface area contributed by atoms with Gasteiger partial charge < -0.3 is 0 Å². The third-order valence-electron chi connectivity index (χ3n) is 9.71. The van der Waals surface area contributed by atoms with Crippen LogP contribution in [0.4, 0.5) is 0 Å². The SMILES string of the molecule is Cc1cc(C)c(-c2c3ccccc3c([C]3c4cc5ccccc5cc4-c4cc5ccccc5cc43)c3ccccc23)c(C)c1. The van der Waals surface area contributed by atoms with Crippen LogP contribution in [0, 0.1) is 26.7 Å². The predicted octanol–water partition coefficient (Wildman–Crippen LogP) is 11.9. The Hall–Kier alpha value is -5.20. The fourth-order valence-corrected chi connectivity index (χ4v) is 8.00. The van der Waals surface area contributed by atoms with Crippen LogP contribution in [0.15, 0.2) is 133 Å². The van der Waals surface area contributed by atoms with Crippen LogP contribution < -0.4 is 0 Å². The van der Waals surface area contributed by atoms with Gasteiger partial charge in [-0.3, -0.25) is 0 Å². The first-order valence-corrected chi connectivity index (χ1v) is 15.5. The van der Waals surface area contributed by atoms with Gasteiger partial charge in [0.2, 0.25) is 0 Å². The average Bonchev–Trinajstić information content (AvgIpc) is 3.33. The smallest absolute Gasteiger partial charge is 0.0616 e. The van der Waals surface area contributed by atoms with Crippen molar-refractivity contribution in [1.82, 2.24) is 0 Å². The van der Waals surface area contributed by atoms with Crippen molar-refractivity contribution in [2.45, 2.75) is 20.8 Å². The van der Waals surface area contributed by atoms with Crippen molar-refractivity contribution in [2.75, 3.05) is 0 Å². The minimum atomic E-state index is 1.28. The van der Waals surface area contributed by atoms with Crippen molar-refractivity contribution in [3.05, 3.63) is 173 Å². The van der Waals surface area contributed by atoms with Gasteiger partial charge in [0.15, 0.2) is 0 Å². The fourth-order valence-electron chi connectivity index (χ4n) is 8.00. The number of hydrogen-bond donors (Lipinski definition) is 0. The molecule has 0 heteroatoms. The van der Waals surface area contributed by atoms with Gasteiger partial charge in [0.25, 0.3) is 0 Å². The van der Waals surface area contributed by atoms with E-state index in [-0.39, 0.29) is 0 Å². The molecule has 0 fully saturated rings. The van der Waals surface area contributed by atoms with Gasteiger partial charge in [-0.05, 0) is 138 Å². The Morgan fingerprint density at radius 2 is 0.659 bits per heavy atom. The molecule has 1 aliphatic rings. The van der Waals surface area contributed by atoms with E-state index in [0.717, 1.165) is 0 Å². The summed E-state index contributed by atoms with van der Waals surface area (Å²) >= 11 is 0. The van der Waals surface area contributed by atoms with E-state index in [0.29, 0.717) is 0 Å². The maximum absolute atomic E-state index is 2.43. The van der Waals surface area contributed by atoms with E-state index in [2.05, 4.69) is 154 Å². The molecule has 0 unspecified atom stereocenters. The zero-order chi connectivity index (χ0) is 29.5. The molecular formula is C44H31. The monoisotopic (exact) mass is 559 g/mol. The van der Waals surface area contributed by atoms with Crippen LogP contribution >= 0.6 is 0 Å². The van der Waals surface area contributed by atoms with Crippen LogP contribution in [0.1, 0.15) is 33.4 Å². The second kappa shape index (κ2) is 9.40. The van der Waals surface area contributed by atoms with Gasteiger partial charge in [-0.15, -0.1) is 0 Å². The third kappa shape index (κ3) is 3.58. The van der Waals surface area contributed by atoms with Gasteiger partial charge in [0.1, 0.15) is 0 Å². The molecule has 0 spiro atoms. The van der Waals surface area contributed by atoms with E-state index in [1.807, 2.05) is 0 Å². The van der Waals surface area contributed by atoms with Gasteiger partial charge in [-0.1, -0.05) is 115 Å². The number of benzene rings is 8. The molecule has 0 saturated heterocycles. The first-order chi connectivity index (χ1) is 21.6. The minimum Gasteiger partial charge on any atom is -0.0616 e. The molecule has 44 heavy (non-hydrogen) atoms. The Kier molecular flexibility index (Phi) is 5.41. The Balaban J connectivity index is 1.45. The number of hydrogen-bond acceptors (Lipinski definition) is 0. The van der Waals surface area contributed by atoms with Crippen molar-refractivity contribution in [3.8, 4) is 22.3 Å². The van der Waals surface area contributed by atoms with Crippen molar-refractivity contribution in [2.24, 2.45) is 0 Å². The summed E-state index contributed by atoms with van der Waals surface area (Å²) in [6, 6.07) is 50.0. The first-order valence-electron chi connectivity index (χ1n) is 15.5. The average molecular weight is 560 g/mol. The van der Waals surface area contributed by atoms with Gasteiger partial charge in [0, 0.05) is 0 Å². The highest BCUT2D eigenvalue weighted by molar-refractivity contribution is 6.18. The highest BCUT2D eigenvalue weighted by atomic mass is 14.4. The lowest BCUT2D eigenvalue weighted by Crippen LogP contribution is -2.04. The van der Waals surface area contributed by atoms with Crippen LogP contribution in [-0.2, 0) is 0 Å². The fraction of sp³-hybridized carbons (Fsp3) is 0.0682. The van der Waals surface area contributed by atoms with Crippen molar-refractivity contribution < 1.29 is 0 Å². The molecule has 0 saturated carbocycles. The summed E-state index contributed by atoms with van der Waals surface area (Å²) in [7, 11) is 0. The second-order valence-corrected chi connectivity index (χ2v) is 12.5. The van der Waals surface area contributed by atoms with Gasteiger partial charge >= 0.3 is 0 Å². The molecule has 0 atom stereocenters. The summed E-state index contributed by atoms with van der Waals surface area (Å²) in [5.74, 6) is 1.34. The predicted molar refractivity (Wildman–Crippen MR) is 189 cm³/mol. The Bertz CT molecular complexity index is 2310. The highest BCUT2D eigenvalue weighted by Gasteiger charge is 2.34. The number of aryl methyl sites for hydroxylation is 3. The number of fused-ring (bicyclic) bond motifs is 7. The Labute approximate surface area is 258 Å². The molecule has 0 N–H and O–H groups in total. The highest BCUT2D eigenvalue weighted by Crippen LogP contribution is 2.54. The zero-order valence-electron chi connectivity index (χ0n) is 25.2. The lowest BCUT2D eigenvalue weighted by Gasteiger charge is -2.24. The van der Waals surface area contributed by atoms with E-state index < -0.39 is 0 Å². The standard InChI is InChI=1S/C44H31/c1-26-20-27(2)41(28(3)21-26)42-33-16-8-10-18-35(33)43(36-19-11-9-17-34(36)42)44-39-24-31-14-6-4-12-29(31)22-37(39)38-23-30-13-5-7-15-32(30)25-40(38)44/h4-25H,1-3H3. The van der Waals surface area contributed by atoms with E-state index in [9.17, 15) is 0 Å². The maximum atomic E-state index is 2.43. The molecule has 1 radical (unpaired) electrons.